The van der Waals surface area contributed by atoms with Gasteiger partial charge in [-0.15, -0.1) is 0 Å². The van der Waals surface area contributed by atoms with Gasteiger partial charge in [-0.2, -0.15) is 0 Å². The Morgan fingerprint density at radius 1 is 0.870 bits per heavy atom. The second-order valence-corrected chi connectivity index (χ2v) is 8.09. The van der Waals surface area contributed by atoms with Crippen LogP contribution < -0.4 is 0 Å². The maximum absolute atomic E-state index is 11.4. The molecule has 3 heteroatoms. The predicted molar refractivity (Wildman–Crippen MR) is 93.9 cm³/mol. The number of carbonyl (C=O) groups excluding carboxylic acids is 2. The van der Waals surface area contributed by atoms with Crippen molar-refractivity contribution in [3.05, 3.63) is 0 Å². The lowest BCUT2D eigenvalue weighted by atomic mass is 9.91. The van der Waals surface area contributed by atoms with Crippen LogP contribution in [0.25, 0.3) is 0 Å². The molecule has 0 N–H and O–H groups in total. The molecule has 0 bridgehead atoms. The fraction of sp³-hybridized carbons (Fsp3) is 0.900. The van der Waals surface area contributed by atoms with Gasteiger partial charge < -0.3 is 4.74 Å². The van der Waals surface area contributed by atoms with E-state index in [1.54, 1.807) is 0 Å². The van der Waals surface area contributed by atoms with Crippen LogP contribution in [0.3, 0.4) is 0 Å². The van der Waals surface area contributed by atoms with E-state index in [2.05, 4.69) is 32.4 Å². The topological polar surface area (TPSA) is 43.4 Å². The third-order valence-corrected chi connectivity index (χ3v) is 5.08. The van der Waals surface area contributed by atoms with Gasteiger partial charge in [0.15, 0.2) is 0 Å². The molecular weight excluding hydrogens is 288 g/mol. The molecule has 1 fully saturated rings. The predicted octanol–water partition coefficient (Wildman–Crippen LogP) is 5.52. The van der Waals surface area contributed by atoms with Crippen LogP contribution in [0.5, 0.6) is 0 Å². The summed E-state index contributed by atoms with van der Waals surface area (Å²) in [5.74, 6) is 1.56. The van der Waals surface area contributed by atoms with Crippen molar-refractivity contribution in [3.63, 3.8) is 0 Å². The zero-order valence-electron chi connectivity index (χ0n) is 15.6. The van der Waals surface area contributed by atoms with Gasteiger partial charge >= 0.3 is 11.9 Å². The largest absolute Gasteiger partial charge is 0.393 e. The highest BCUT2D eigenvalue weighted by molar-refractivity contribution is 5.94. The fourth-order valence-corrected chi connectivity index (χ4v) is 3.43. The number of rotatable bonds is 12. The maximum atomic E-state index is 11.4. The lowest BCUT2D eigenvalue weighted by Gasteiger charge is -2.15. The molecule has 3 nitrogen and oxygen atoms in total. The number of ether oxygens (including phenoxy) is 1. The van der Waals surface area contributed by atoms with Gasteiger partial charge in [0.25, 0.3) is 0 Å². The van der Waals surface area contributed by atoms with Gasteiger partial charge in [0.1, 0.15) is 0 Å². The average molecular weight is 325 g/mol. The molecule has 1 aliphatic heterocycles. The third kappa shape index (κ3) is 9.12. The van der Waals surface area contributed by atoms with Crippen molar-refractivity contribution < 1.29 is 14.3 Å². The van der Waals surface area contributed by atoms with E-state index in [1.165, 1.54) is 38.5 Å². The van der Waals surface area contributed by atoms with E-state index in [4.69, 9.17) is 0 Å². The standard InChI is InChI=1S/C20H36O3/c1-15(2)8-5-9-16(3)10-6-11-17(4)12-7-13-18-14-19(21)23-20(18)22/h15-18H,5-14H2,1-4H3. The molecule has 0 spiro atoms. The highest BCUT2D eigenvalue weighted by Crippen LogP contribution is 2.25. The summed E-state index contributed by atoms with van der Waals surface area (Å²) in [7, 11) is 0. The van der Waals surface area contributed by atoms with E-state index in [9.17, 15) is 9.59 Å². The summed E-state index contributed by atoms with van der Waals surface area (Å²) >= 11 is 0. The summed E-state index contributed by atoms with van der Waals surface area (Å²) in [5, 5.41) is 0. The molecular formula is C20H36O3. The Hall–Kier alpha value is -0.860. The number of hydrogen-bond acceptors (Lipinski definition) is 3. The highest BCUT2D eigenvalue weighted by atomic mass is 16.6. The monoisotopic (exact) mass is 324 g/mol. The second kappa shape index (κ2) is 10.8. The van der Waals surface area contributed by atoms with Gasteiger partial charge in [0, 0.05) is 0 Å². The molecule has 3 unspecified atom stereocenters. The van der Waals surface area contributed by atoms with Gasteiger partial charge in [-0.25, -0.2) is 0 Å². The number of hydrogen-bond donors (Lipinski definition) is 0. The van der Waals surface area contributed by atoms with Crippen molar-refractivity contribution in [3.8, 4) is 0 Å². The minimum Gasteiger partial charge on any atom is -0.393 e. The van der Waals surface area contributed by atoms with Crippen molar-refractivity contribution in [2.75, 3.05) is 0 Å². The first-order valence-electron chi connectivity index (χ1n) is 9.63. The number of cyclic esters (lactones) is 2. The molecule has 1 aliphatic rings. The van der Waals surface area contributed by atoms with Crippen molar-refractivity contribution in [2.24, 2.45) is 23.7 Å². The van der Waals surface area contributed by atoms with Gasteiger partial charge in [-0.05, 0) is 24.2 Å². The molecule has 0 aromatic rings. The Morgan fingerprint density at radius 3 is 1.87 bits per heavy atom. The summed E-state index contributed by atoms with van der Waals surface area (Å²) < 4.78 is 4.59. The van der Waals surface area contributed by atoms with E-state index in [1.807, 2.05) is 0 Å². The van der Waals surface area contributed by atoms with E-state index in [0.717, 1.165) is 31.1 Å². The molecule has 3 atom stereocenters. The normalized spacial score (nSPS) is 20.8. The van der Waals surface area contributed by atoms with Crippen molar-refractivity contribution in [1.82, 2.24) is 0 Å². The minimum atomic E-state index is -0.348. The van der Waals surface area contributed by atoms with Crippen LogP contribution in [0.4, 0.5) is 0 Å². The van der Waals surface area contributed by atoms with E-state index in [-0.39, 0.29) is 17.9 Å². The summed E-state index contributed by atoms with van der Waals surface area (Å²) in [5.41, 5.74) is 0. The number of carbonyl (C=O) groups is 2. The lowest BCUT2D eigenvalue weighted by Crippen LogP contribution is -2.08. The smallest absolute Gasteiger partial charge is 0.317 e. The van der Waals surface area contributed by atoms with Crippen LogP contribution in [0.2, 0.25) is 0 Å². The Morgan fingerprint density at radius 2 is 1.39 bits per heavy atom. The Kier molecular flexibility index (Phi) is 9.50. The average Bonchev–Trinajstić information content (AvgIpc) is 2.76. The number of esters is 2. The van der Waals surface area contributed by atoms with Crippen LogP contribution in [-0.2, 0) is 14.3 Å². The first-order chi connectivity index (χ1) is 10.9. The Balaban J connectivity index is 2.00. The fourth-order valence-electron chi connectivity index (χ4n) is 3.43. The first-order valence-corrected chi connectivity index (χ1v) is 9.63. The van der Waals surface area contributed by atoms with Gasteiger partial charge in [0.05, 0.1) is 12.3 Å². The van der Waals surface area contributed by atoms with Crippen molar-refractivity contribution in [1.29, 1.82) is 0 Å². The van der Waals surface area contributed by atoms with Gasteiger partial charge in [0.2, 0.25) is 0 Å². The molecule has 23 heavy (non-hydrogen) atoms. The molecule has 1 heterocycles. The lowest BCUT2D eigenvalue weighted by molar-refractivity contribution is -0.153. The van der Waals surface area contributed by atoms with Crippen molar-refractivity contribution >= 4 is 11.9 Å². The Labute approximate surface area is 142 Å². The molecule has 0 aromatic heterocycles. The molecule has 0 saturated carbocycles. The maximum Gasteiger partial charge on any atom is 0.317 e. The van der Waals surface area contributed by atoms with Gasteiger partial charge in [-0.3, -0.25) is 9.59 Å². The minimum absolute atomic E-state index is 0.171. The van der Waals surface area contributed by atoms with Crippen LogP contribution >= 0.6 is 0 Å². The highest BCUT2D eigenvalue weighted by Gasteiger charge is 2.32. The quantitative estimate of drug-likeness (QED) is 0.351. The summed E-state index contributed by atoms with van der Waals surface area (Å²) in [4.78, 5) is 22.4. The molecule has 1 rings (SSSR count). The van der Waals surface area contributed by atoms with E-state index >= 15 is 0 Å². The first kappa shape index (κ1) is 20.2. The zero-order valence-corrected chi connectivity index (χ0v) is 15.6. The molecule has 134 valence electrons. The molecule has 0 radical (unpaired) electrons. The van der Waals surface area contributed by atoms with Crippen LogP contribution in [-0.4, -0.2) is 11.9 Å². The summed E-state index contributed by atoms with van der Waals surface area (Å²) in [6, 6.07) is 0. The second-order valence-electron chi connectivity index (χ2n) is 8.09. The van der Waals surface area contributed by atoms with Crippen molar-refractivity contribution in [2.45, 2.75) is 91.9 Å². The molecule has 0 aliphatic carbocycles. The SMILES string of the molecule is CC(C)CCCC(C)CCCC(C)CCCC1CC(=O)OC1=O. The summed E-state index contributed by atoms with van der Waals surface area (Å²) in [6.45, 7) is 9.29. The molecule has 0 aromatic carbocycles. The summed E-state index contributed by atoms with van der Waals surface area (Å²) in [6.07, 6.45) is 11.3. The molecule has 1 saturated heterocycles. The van der Waals surface area contributed by atoms with Gasteiger partial charge in [-0.1, -0.05) is 79.1 Å². The van der Waals surface area contributed by atoms with Crippen LogP contribution in [0, 0.1) is 23.7 Å². The van der Waals surface area contributed by atoms with Crippen LogP contribution in [0.15, 0.2) is 0 Å². The van der Waals surface area contributed by atoms with Crippen LogP contribution in [0.1, 0.15) is 91.9 Å². The third-order valence-electron chi connectivity index (χ3n) is 5.08. The van der Waals surface area contributed by atoms with E-state index < -0.39 is 0 Å². The zero-order chi connectivity index (χ0) is 17.2. The molecule has 0 amide bonds. The Bertz CT molecular complexity index is 362. The van der Waals surface area contributed by atoms with E-state index in [0.29, 0.717) is 12.3 Å².